The molecule has 0 unspecified atom stereocenters. The number of rotatable bonds is 2. The summed E-state index contributed by atoms with van der Waals surface area (Å²) in [5, 5.41) is 22.3. The van der Waals surface area contributed by atoms with Crippen LogP contribution in [0.25, 0.3) is 17.2 Å². The van der Waals surface area contributed by atoms with Gasteiger partial charge >= 0.3 is 0 Å². The average molecular weight is 326 g/mol. The number of anilines is 1. The van der Waals surface area contributed by atoms with Crippen molar-refractivity contribution >= 4 is 28.8 Å². The Morgan fingerprint density at radius 2 is 1.96 bits per heavy atom. The van der Waals surface area contributed by atoms with E-state index in [0.717, 1.165) is 16.8 Å². The van der Waals surface area contributed by atoms with Crippen molar-refractivity contribution < 1.29 is 4.79 Å². The monoisotopic (exact) mass is 326 g/mol. The minimum absolute atomic E-state index is 0.0367. The number of carbonyl (C=O) groups excluding carboxylic acids is 1. The summed E-state index contributed by atoms with van der Waals surface area (Å²) in [7, 11) is 0. The predicted molar refractivity (Wildman–Crippen MR) is 96.2 cm³/mol. The molecule has 0 atom stereocenters. The number of nitriles is 2. The number of nitrogens with zero attached hydrogens (tertiary/aromatic N) is 2. The van der Waals surface area contributed by atoms with Crippen LogP contribution in [0.4, 0.5) is 5.69 Å². The van der Waals surface area contributed by atoms with Crippen LogP contribution in [-0.2, 0) is 4.79 Å². The van der Waals surface area contributed by atoms with Crippen LogP contribution < -0.4 is 16.0 Å². The highest BCUT2D eigenvalue weighted by Crippen LogP contribution is 2.29. The van der Waals surface area contributed by atoms with Crippen LogP contribution in [0, 0.1) is 29.6 Å². The zero-order valence-electron chi connectivity index (χ0n) is 13.6. The first-order chi connectivity index (χ1) is 12.1. The summed E-state index contributed by atoms with van der Waals surface area (Å²) in [6.45, 7) is 5.50. The Morgan fingerprint density at radius 1 is 1.24 bits per heavy atom. The van der Waals surface area contributed by atoms with Gasteiger partial charge in [0.25, 0.3) is 5.91 Å². The number of allylic oxidation sites excluding steroid dienone is 2. The molecule has 2 heterocycles. The van der Waals surface area contributed by atoms with Crippen LogP contribution in [0.1, 0.15) is 16.7 Å². The molecule has 0 radical (unpaired) electrons. The molecule has 1 aliphatic rings. The molecular formula is C20H14N4O. The maximum absolute atomic E-state index is 12.5. The summed E-state index contributed by atoms with van der Waals surface area (Å²) >= 11 is 0. The molecule has 2 N–H and O–H groups in total. The summed E-state index contributed by atoms with van der Waals surface area (Å²) in [5.41, 5.74) is 3.48. The molecule has 25 heavy (non-hydrogen) atoms. The Morgan fingerprint density at radius 3 is 2.64 bits per heavy atom. The number of aromatic amines is 1. The van der Waals surface area contributed by atoms with Gasteiger partial charge in [0.2, 0.25) is 0 Å². The van der Waals surface area contributed by atoms with Gasteiger partial charge in [-0.15, -0.1) is 0 Å². The molecule has 0 saturated heterocycles. The number of carbonyl (C=O) groups is 1. The van der Waals surface area contributed by atoms with Crippen LogP contribution in [0.5, 0.6) is 0 Å². The van der Waals surface area contributed by atoms with Crippen molar-refractivity contribution in [1.82, 2.24) is 4.98 Å². The molecule has 1 amide bonds. The number of amides is 1. The van der Waals surface area contributed by atoms with E-state index in [1.165, 1.54) is 0 Å². The maximum Gasteiger partial charge on any atom is 0.258 e. The Balaban J connectivity index is 2.50. The largest absolute Gasteiger partial charge is 0.352 e. The maximum atomic E-state index is 12.5. The quantitative estimate of drug-likeness (QED) is 0.825. The number of benzene rings is 1. The van der Waals surface area contributed by atoms with Crippen molar-refractivity contribution in [2.45, 2.75) is 6.92 Å². The fraction of sp³-hybridized carbons (Fsp3) is 0.0500. The summed E-state index contributed by atoms with van der Waals surface area (Å²) in [6.07, 6.45) is 5.11. The van der Waals surface area contributed by atoms with E-state index < -0.39 is 0 Å². The molecule has 1 aliphatic heterocycles. The molecule has 5 nitrogen and oxygen atoms in total. The first-order valence-electron chi connectivity index (χ1n) is 7.59. The Kier molecular flexibility index (Phi) is 4.07. The lowest BCUT2D eigenvalue weighted by molar-refractivity contribution is -0.110. The smallest absolute Gasteiger partial charge is 0.258 e. The van der Waals surface area contributed by atoms with E-state index in [1.807, 2.05) is 43.3 Å². The first-order valence-corrected chi connectivity index (χ1v) is 7.59. The Hall–Kier alpha value is -3.83. The molecule has 1 aromatic carbocycles. The van der Waals surface area contributed by atoms with Gasteiger partial charge in [-0.2, -0.15) is 10.5 Å². The minimum atomic E-state index is -0.216. The second kappa shape index (κ2) is 6.35. The Labute approximate surface area is 144 Å². The zero-order chi connectivity index (χ0) is 18.0. The molecule has 5 heteroatoms. The number of nitrogens with one attached hydrogen (secondary N) is 2. The highest BCUT2D eigenvalue weighted by Gasteiger charge is 2.26. The van der Waals surface area contributed by atoms with Gasteiger partial charge < -0.3 is 10.3 Å². The van der Waals surface area contributed by atoms with E-state index in [-0.39, 0.29) is 11.5 Å². The summed E-state index contributed by atoms with van der Waals surface area (Å²) in [6, 6.07) is 11.2. The topological polar surface area (TPSA) is 92.5 Å². The molecule has 120 valence electrons. The summed E-state index contributed by atoms with van der Waals surface area (Å²) < 4.78 is 0. The second-order valence-electron chi connectivity index (χ2n) is 5.48. The lowest BCUT2D eigenvalue weighted by Crippen LogP contribution is -2.20. The van der Waals surface area contributed by atoms with Crippen molar-refractivity contribution in [3.05, 3.63) is 70.4 Å². The van der Waals surface area contributed by atoms with E-state index >= 15 is 0 Å². The van der Waals surface area contributed by atoms with Crippen molar-refractivity contribution in [1.29, 1.82) is 10.5 Å². The van der Waals surface area contributed by atoms with Crippen molar-refractivity contribution in [2.75, 3.05) is 5.32 Å². The van der Waals surface area contributed by atoms with Gasteiger partial charge in [-0.3, -0.25) is 4.79 Å². The highest BCUT2D eigenvalue weighted by atomic mass is 16.2. The summed E-state index contributed by atoms with van der Waals surface area (Å²) in [5.74, 6) is -0.216. The molecule has 0 saturated carbocycles. The van der Waals surface area contributed by atoms with Crippen molar-refractivity contribution in [3.8, 4) is 12.1 Å². The van der Waals surface area contributed by atoms with E-state index in [1.54, 1.807) is 18.2 Å². The van der Waals surface area contributed by atoms with Crippen LogP contribution in [0.3, 0.4) is 0 Å². The van der Waals surface area contributed by atoms with Crippen LogP contribution >= 0.6 is 0 Å². The van der Waals surface area contributed by atoms with E-state index in [9.17, 15) is 15.3 Å². The Bertz CT molecular complexity index is 1120. The van der Waals surface area contributed by atoms with Crippen LogP contribution in [0.2, 0.25) is 0 Å². The first kappa shape index (κ1) is 16.0. The molecule has 1 aromatic heterocycles. The fourth-order valence-electron chi connectivity index (χ4n) is 2.93. The molecule has 0 spiro atoms. The number of hydrogen-bond donors (Lipinski definition) is 2. The second-order valence-corrected chi connectivity index (χ2v) is 5.48. The van der Waals surface area contributed by atoms with Gasteiger partial charge in [0.1, 0.15) is 12.1 Å². The predicted octanol–water partition coefficient (Wildman–Crippen LogP) is 1.87. The number of para-hydroxylation sites is 1. The molecule has 2 aromatic rings. The standard InChI is InChI=1S/C20H14N4O/c1-3-4-7-14-12(2)18(24-19(14)13(10-21)11-22)17-15-8-5-6-9-16(15)23-20(17)25/h3-9,24H,1H2,2H3,(H,23,25). The summed E-state index contributed by atoms with van der Waals surface area (Å²) in [4.78, 5) is 15.6. The molecule has 0 bridgehead atoms. The van der Waals surface area contributed by atoms with Crippen LogP contribution in [-0.4, -0.2) is 10.9 Å². The van der Waals surface area contributed by atoms with Gasteiger partial charge in [-0.1, -0.05) is 43.0 Å². The third kappa shape index (κ3) is 2.54. The molecule has 0 aliphatic carbocycles. The van der Waals surface area contributed by atoms with E-state index in [2.05, 4.69) is 16.9 Å². The fourth-order valence-corrected chi connectivity index (χ4v) is 2.93. The van der Waals surface area contributed by atoms with Crippen molar-refractivity contribution in [3.63, 3.8) is 0 Å². The minimum Gasteiger partial charge on any atom is -0.352 e. The normalized spacial score (nSPS) is 14.6. The molecule has 3 rings (SSSR count). The third-order valence-corrected chi connectivity index (χ3v) is 4.09. The van der Waals surface area contributed by atoms with Gasteiger partial charge in [-0.05, 0) is 18.6 Å². The SMILES string of the molecule is C=CC=Cc1c(C)c(=C2C(=O)Nc3ccccc32)[nH]c1=C(C#N)C#N. The van der Waals surface area contributed by atoms with Crippen molar-refractivity contribution in [2.24, 2.45) is 0 Å². The molecule has 0 fully saturated rings. The van der Waals surface area contributed by atoms with Gasteiger partial charge in [0, 0.05) is 16.8 Å². The average Bonchev–Trinajstić information content (AvgIpc) is 3.10. The van der Waals surface area contributed by atoms with Gasteiger partial charge in [0.05, 0.1) is 16.3 Å². The van der Waals surface area contributed by atoms with Gasteiger partial charge in [0.15, 0.2) is 5.57 Å². The van der Waals surface area contributed by atoms with Crippen LogP contribution in [0.15, 0.2) is 43.0 Å². The third-order valence-electron chi connectivity index (χ3n) is 4.09. The number of aromatic nitrogens is 1. The lowest BCUT2D eigenvalue weighted by Gasteiger charge is -1.97. The number of fused-ring (bicyclic) bond motifs is 1. The number of H-pyrrole nitrogens is 1. The zero-order valence-corrected chi connectivity index (χ0v) is 13.6. The van der Waals surface area contributed by atoms with E-state index in [0.29, 0.717) is 21.8 Å². The van der Waals surface area contributed by atoms with E-state index in [4.69, 9.17) is 0 Å². The lowest BCUT2D eigenvalue weighted by atomic mass is 10.0. The van der Waals surface area contributed by atoms with Gasteiger partial charge in [-0.25, -0.2) is 0 Å². The highest BCUT2D eigenvalue weighted by molar-refractivity contribution is 6.31. The number of hydrogen-bond acceptors (Lipinski definition) is 3. The molecular weight excluding hydrogens is 312 g/mol.